The fraction of sp³-hybridized carbons (Fsp3) is 0.375. The lowest BCUT2D eigenvalue weighted by Crippen LogP contribution is -2.22. The monoisotopic (exact) mass is 340 g/mol. The number of benzene rings is 1. The molecule has 1 atom stereocenters. The molecule has 120 valence electrons. The lowest BCUT2D eigenvalue weighted by Gasteiger charge is -2.26. The van der Waals surface area contributed by atoms with E-state index in [2.05, 4.69) is 5.32 Å². The summed E-state index contributed by atoms with van der Waals surface area (Å²) in [5, 5.41) is 4.94. The Hall–Kier alpha value is -0.970. The molecule has 22 heavy (non-hydrogen) atoms. The van der Waals surface area contributed by atoms with Crippen LogP contribution in [0.5, 0.6) is 0 Å². The summed E-state index contributed by atoms with van der Waals surface area (Å²) in [7, 11) is -3.70. The zero-order valence-corrected chi connectivity index (χ0v) is 14.5. The normalized spacial score (nSPS) is 15.3. The second-order valence-electron chi connectivity index (χ2n) is 4.50. The van der Waals surface area contributed by atoms with Crippen LogP contribution < -0.4 is 5.32 Å². The van der Waals surface area contributed by atoms with Gasteiger partial charge in [0, 0.05) is 11.4 Å². The van der Waals surface area contributed by atoms with Gasteiger partial charge in [-0.2, -0.15) is 0 Å². The summed E-state index contributed by atoms with van der Waals surface area (Å²) in [5.74, 6) is -1.64. The molecule has 0 aliphatic heterocycles. The third-order valence-corrected chi connectivity index (χ3v) is 6.11. The van der Waals surface area contributed by atoms with Crippen LogP contribution in [0.15, 0.2) is 47.8 Å². The molecule has 0 radical (unpaired) electrons. The highest BCUT2D eigenvalue weighted by atomic mass is 32.1. The van der Waals surface area contributed by atoms with E-state index < -0.39 is 13.4 Å². The van der Waals surface area contributed by atoms with E-state index in [1.165, 1.54) is 11.3 Å². The number of hydrogen-bond acceptors (Lipinski definition) is 5. The molecule has 6 heteroatoms. The SMILES string of the molecule is [2H]C(NCc1ccccc1)(c1cccs1)P(=O)(OCC)OCC. The molecule has 1 unspecified atom stereocenters. The standard InChI is InChI=1S/C16H22NO3PS/c1-3-19-21(18,20-4-2)16(15-11-8-12-22-15)17-13-14-9-6-5-7-10-14/h5-12,16-17H,3-4,13H2,1-2H3/i16D. The van der Waals surface area contributed by atoms with Gasteiger partial charge in [0.2, 0.25) is 0 Å². The molecule has 0 saturated carbocycles. The van der Waals surface area contributed by atoms with E-state index in [4.69, 9.17) is 10.4 Å². The highest BCUT2D eigenvalue weighted by molar-refractivity contribution is 7.54. The van der Waals surface area contributed by atoms with Crippen LogP contribution in [-0.4, -0.2) is 13.2 Å². The van der Waals surface area contributed by atoms with Crippen LogP contribution in [0.2, 0.25) is 0 Å². The molecule has 0 saturated heterocycles. The Kier molecular flexibility index (Phi) is 6.22. The summed E-state index contributed by atoms with van der Waals surface area (Å²) >= 11 is 1.36. The van der Waals surface area contributed by atoms with E-state index in [0.717, 1.165) is 5.56 Å². The summed E-state index contributed by atoms with van der Waals surface area (Å²) in [5.41, 5.74) is 1.00. The number of rotatable bonds is 9. The van der Waals surface area contributed by atoms with Crippen molar-refractivity contribution in [2.45, 2.75) is 26.2 Å². The molecule has 2 aromatic rings. The first-order valence-electron chi connectivity index (χ1n) is 7.78. The minimum atomic E-state index is -3.70. The van der Waals surface area contributed by atoms with Crippen LogP contribution in [0.1, 0.15) is 31.4 Å². The fourth-order valence-corrected chi connectivity index (χ4v) is 4.79. The van der Waals surface area contributed by atoms with Gasteiger partial charge in [-0.05, 0) is 30.9 Å². The molecule has 1 aromatic carbocycles. The van der Waals surface area contributed by atoms with E-state index in [-0.39, 0.29) is 13.2 Å². The average Bonchev–Trinajstić information content (AvgIpc) is 3.09. The third-order valence-electron chi connectivity index (χ3n) is 2.93. The second kappa shape index (κ2) is 8.61. The van der Waals surface area contributed by atoms with Crippen LogP contribution in [0, 0.1) is 0 Å². The molecule has 1 aromatic heterocycles. The second-order valence-corrected chi connectivity index (χ2v) is 7.40. The first-order chi connectivity index (χ1) is 11.1. The maximum Gasteiger partial charge on any atom is 0.352 e. The first kappa shape index (κ1) is 15.9. The van der Waals surface area contributed by atoms with Crippen molar-refractivity contribution in [2.75, 3.05) is 13.2 Å². The van der Waals surface area contributed by atoms with Gasteiger partial charge in [0.15, 0.2) is 0 Å². The Bertz CT molecular complexity index is 628. The predicted molar refractivity (Wildman–Crippen MR) is 91.2 cm³/mol. The van der Waals surface area contributed by atoms with Crippen molar-refractivity contribution in [3.8, 4) is 0 Å². The van der Waals surface area contributed by atoms with E-state index in [1.54, 1.807) is 19.9 Å². The van der Waals surface area contributed by atoms with Crippen LogP contribution in [0.3, 0.4) is 0 Å². The molecule has 0 aliphatic rings. The van der Waals surface area contributed by atoms with Gasteiger partial charge in [0.25, 0.3) is 0 Å². The Morgan fingerprint density at radius 1 is 1.18 bits per heavy atom. The quantitative estimate of drug-likeness (QED) is 0.666. The molecule has 0 spiro atoms. The van der Waals surface area contributed by atoms with Gasteiger partial charge in [-0.3, -0.25) is 9.88 Å². The zero-order chi connectivity index (χ0) is 16.8. The minimum absolute atomic E-state index is 0.219. The lowest BCUT2D eigenvalue weighted by molar-refractivity contribution is 0.207. The third kappa shape index (κ3) is 4.51. The topological polar surface area (TPSA) is 47.6 Å². The van der Waals surface area contributed by atoms with Crippen molar-refractivity contribution in [1.82, 2.24) is 5.32 Å². The lowest BCUT2D eigenvalue weighted by atomic mass is 10.2. The molecule has 0 aliphatic carbocycles. The average molecular weight is 340 g/mol. The summed E-state index contributed by atoms with van der Waals surface area (Å²) in [6.07, 6.45) is 0. The molecule has 2 rings (SSSR count). The van der Waals surface area contributed by atoms with E-state index in [1.807, 2.05) is 41.8 Å². The molecule has 4 nitrogen and oxygen atoms in total. The number of hydrogen-bond donors (Lipinski definition) is 1. The van der Waals surface area contributed by atoms with Gasteiger partial charge in [0.1, 0.15) is 5.76 Å². The van der Waals surface area contributed by atoms with Crippen LogP contribution in [-0.2, 0) is 20.2 Å². The summed E-state index contributed by atoms with van der Waals surface area (Å²) in [6, 6.07) is 13.3. The van der Waals surface area contributed by atoms with Gasteiger partial charge in [-0.25, -0.2) is 0 Å². The molecule has 0 fully saturated rings. The smallest absolute Gasteiger partial charge is 0.308 e. The Labute approximate surface area is 137 Å². The molecule has 1 N–H and O–H groups in total. The predicted octanol–water partition coefficient (Wildman–Crippen LogP) is 4.80. The van der Waals surface area contributed by atoms with Crippen LogP contribution in [0.25, 0.3) is 0 Å². The van der Waals surface area contributed by atoms with Gasteiger partial charge < -0.3 is 9.05 Å². The first-order valence-corrected chi connectivity index (χ1v) is 9.70. The fourth-order valence-electron chi connectivity index (χ4n) is 2.02. The van der Waals surface area contributed by atoms with Crippen molar-refractivity contribution in [2.24, 2.45) is 0 Å². The highest BCUT2D eigenvalue weighted by Crippen LogP contribution is 2.60. The highest BCUT2D eigenvalue weighted by Gasteiger charge is 2.37. The van der Waals surface area contributed by atoms with E-state index in [0.29, 0.717) is 11.4 Å². The molecular weight excluding hydrogens is 317 g/mol. The summed E-state index contributed by atoms with van der Waals surface area (Å²) in [6.45, 7) is 4.33. The van der Waals surface area contributed by atoms with Gasteiger partial charge >= 0.3 is 7.60 Å². The van der Waals surface area contributed by atoms with Gasteiger partial charge in [-0.15, -0.1) is 11.3 Å². The summed E-state index contributed by atoms with van der Waals surface area (Å²) < 4.78 is 33.0. The van der Waals surface area contributed by atoms with Crippen molar-refractivity contribution >= 4 is 18.9 Å². The van der Waals surface area contributed by atoms with Crippen molar-refractivity contribution in [3.05, 3.63) is 58.3 Å². The number of nitrogens with one attached hydrogen (secondary N) is 1. The molecule has 0 bridgehead atoms. The van der Waals surface area contributed by atoms with Crippen molar-refractivity contribution < 1.29 is 15.0 Å². The minimum Gasteiger partial charge on any atom is -0.308 e. The van der Waals surface area contributed by atoms with Crippen molar-refractivity contribution in [1.29, 1.82) is 0 Å². The zero-order valence-electron chi connectivity index (χ0n) is 13.8. The Morgan fingerprint density at radius 2 is 1.86 bits per heavy atom. The van der Waals surface area contributed by atoms with Gasteiger partial charge in [-0.1, -0.05) is 36.4 Å². The molecule has 0 amide bonds. The Morgan fingerprint density at radius 3 is 2.41 bits per heavy atom. The van der Waals surface area contributed by atoms with Crippen LogP contribution in [0.4, 0.5) is 0 Å². The molecular formula is C16H22NO3PS. The number of thiophene rings is 1. The summed E-state index contributed by atoms with van der Waals surface area (Å²) in [4.78, 5) is 0.610. The maximum absolute atomic E-state index is 13.3. The van der Waals surface area contributed by atoms with E-state index >= 15 is 0 Å². The molecule has 1 heterocycles. The Balaban J connectivity index is 2.34. The maximum atomic E-state index is 13.3. The van der Waals surface area contributed by atoms with Crippen LogP contribution >= 0.6 is 18.9 Å². The van der Waals surface area contributed by atoms with Gasteiger partial charge in [0.05, 0.1) is 14.6 Å². The van der Waals surface area contributed by atoms with Crippen molar-refractivity contribution in [3.63, 3.8) is 0 Å². The largest absolute Gasteiger partial charge is 0.352 e. The van der Waals surface area contributed by atoms with E-state index in [9.17, 15) is 4.57 Å².